The van der Waals surface area contributed by atoms with Gasteiger partial charge in [0.2, 0.25) is 0 Å². The lowest BCUT2D eigenvalue weighted by Crippen LogP contribution is -2.28. The Morgan fingerprint density at radius 3 is 2.80 bits per heavy atom. The molecule has 0 saturated heterocycles. The Labute approximate surface area is 147 Å². The van der Waals surface area contributed by atoms with E-state index in [0.29, 0.717) is 23.6 Å². The number of hydrogen-bond donors (Lipinski definition) is 1. The molecule has 0 aromatic heterocycles. The normalized spacial score (nSPS) is 9.76. The van der Waals surface area contributed by atoms with Gasteiger partial charge in [0, 0.05) is 6.54 Å². The molecular formula is C20H20N2O3. The summed E-state index contributed by atoms with van der Waals surface area (Å²) in [4.78, 5) is 12.0. The molecule has 0 aliphatic heterocycles. The molecule has 0 fully saturated rings. The Balaban J connectivity index is 1.89. The zero-order chi connectivity index (χ0) is 18.1. The molecule has 5 heteroatoms. The highest BCUT2D eigenvalue weighted by atomic mass is 16.5. The van der Waals surface area contributed by atoms with Crippen molar-refractivity contribution in [3.8, 4) is 17.6 Å². The SMILES string of the molecule is C=CCc1ccc(OCC(=O)NCc2cccc(C#N)c2)c(OC)c1. The molecule has 0 saturated carbocycles. The summed E-state index contributed by atoms with van der Waals surface area (Å²) in [6.07, 6.45) is 2.54. The monoisotopic (exact) mass is 336 g/mol. The van der Waals surface area contributed by atoms with E-state index in [-0.39, 0.29) is 12.5 Å². The zero-order valence-corrected chi connectivity index (χ0v) is 14.1. The van der Waals surface area contributed by atoms with E-state index in [2.05, 4.69) is 18.0 Å². The predicted molar refractivity (Wildman–Crippen MR) is 95.4 cm³/mol. The molecule has 128 valence electrons. The second-order valence-electron chi connectivity index (χ2n) is 5.36. The van der Waals surface area contributed by atoms with E-state index in [0.717, 1.165) is 17.5 Å². The van der Waals surface area contributed by atoms with Crippen LogP contribution in [0.15, 0.2) is 55.1 Å². The number of methoxy groups -OCH3 is 1. The predicted octanol–water partition coefficient (Wildman–Crippen LogP) is 2.99. The fraction of sp³-hybridized carbons (Fsp3) is 0.200. The van der Waals surface area contributed by atoms with Crippen LogP contribution >= 0.6 is 0 Å². The first-order chi connectivity index (χ1) is 12.2. The molecule has 0 aliphatic carbocycles. The molecule has 2 rings (SSSR count). The molecule has 1 N–H and O–H groups in total. The molecule has 1 amide bonds. The van der Waals surface area contributed by atoms with Crippen LogP contribution in [0.1, 0.15) is 16.7 Å². The molecule has 0 bridgehead atoms. The Morgan fingerprint density at radius 2 is 2.08 bits per heavy atom. The van der Waals surface area contributed by atoms with Crippen LogP contribution in [0.25, 0.3) is 0 Å². The van der Waals surface area contributed by atoms with E-state index in [9.17, 15) is 4.79 Å². The Kier molecular flexibility index (Phi) is 6.61. The average molecular weight is 336 g/mol. The topological polar surface area (TPSA) is 71.3 Å². The number of amides is 1. The van der Waals surface area contributed by atoms with Gasteiger partial charge in [-0.25, -0.2) is 0 Å². The van der Waals surface area contributed by atoms with Gasteiger partial charge in [-0.2, -0.15) is 5.26 Å². The first-order valence-electron chi connectivity index (χ1n) is 7.82. The van der Waals surface area contributed by atoms with E-state index in [1.807, 2.05) is 24.3 Å². The maximum atomic E-state index is 12.0. The number of hydrogen-bond acceptors (Lipinski definition) is 4. The van der Waals surface area contributed by atoms with E-state index >= 15 is 0 Å². The third-order valence-electron chi connectivity index (χ3n) is 3.51. The number of nitrogens with zero attached hydrogens (tertiary/aromatic N) is 1. The molecule has 25 heavy (non-hydrogen) atoms. The maximum absolute atomic E-state index is 12.0. The summed E-state index contributed by atoms with van der Waals surface area (Å²) < 4.78 is 10.8. The van der Waals surface area contributed by atoms with Crippen molar-refractivity contribution < 1.29 is 14.3 Å². The molecule has 0 atom stereocenters. The highest BCUT2D eigenvalue weighted by Gasteiger charge is 2.08. The van der Waals surface area contributed by atoms with Crippen LogP contribution in [-0.4, -0.2) is 19.6 Å². The van der Waals surface area contributed by atoms with Crippen LogP contribution in [-0.2, 0) is 17.8 Å². The van der Waals surface area contributed by atoms with Crippen LogP contribution in [0, 0.1) is 11.3 Å². The average Bonchev–Trinajstić information content (AvgIpc) is 2.65. The Bertz CT molecular complexity index is 794. The van der Waals surface area contributed by atoms with Gasteiger partial charge >= 0.3 is 0 Å². The minimum Gasteiger partial charge on any atom is -0.493 e. The van der Waals surface area contributed by atoms with Crippen LogP contribution < -0.4 is 14.8 Å². The van der Waals surface area contributed by atoms with Crippen molar-refractivity contribution in [3.05, 3.63) is 71.8 Å². The quantitative estimate of drug-likeness (QED) is 0.752. The minimum absolute atomic E-state index is 0.116. The van der Waals surface area contributed by atoms with Crippen LogP contribution in [0.2, 0.25) is 0 Å². The fourth-order valence-electron chi connectivity index (χ4n) is 2.27. The minimum atomic E-state index is -0.250. The number of carbonyl (C=O) groups excluding carboxylic acids is 1. The van der Waals surface area contributed by atoms with Gasteiger partial charge < -0.3 is 14.8 Å². The first-order valence-corrected chi connectivity index (χ1v) is 7.82. The Morgan fingerprint density at radius 1 is 1.24 bits per heavy atom. The zero-order valence-electron chi connectivity index (χ0n) is 14.1. The number of ether oxygens (including phenoxy) is 2. The second-order valence-corrected chi connectivity index (χ2v) is 5.36. The van der Waals surface area contributed by atoms with Crippen molar-refractivity contribution in [2.75, 3.05) is 13.7 Å². The van der Waals surface area contributed by atoms with Gasteiger partial charge in [0.25, 0.3) is 5.91 Å². The van der Waals surface area contributed by atoms with Crippen molar-refractivity contribution >= 4 is 5.91 Å². The fourth-order valence-corrected chi connectivity index (χ4v) is 2.27. The lowest BCUT2D eigenvalue weighted by Gasteiger charge is -2.12. The maximum Gasteiger partial charge on any atom is 0.258 e. The molecule has 2 aromatic rings. The van der Waals surface area contributed by atoms with Crippen LogP contribution in [0.3, 0.4) is 0 Å². The number of benzene rings is 2. The number of nitriles is 1. The Hall–Kier alpha value is -3.26. The summed E-state index contributed by atoms with van der Waals surface area (Å²) in [7, 11) is 1.56. The van der Waals surface area contributed by atoms with Crippen molar-refractivity contribution in [1.29, 1.82) is 5.26 Å². The lowest BCUT2D eigenvalue weighted by molar-refractivity contribution is -0.123. The number of nitrogens with one attached hydrogen (secondary N) is 1. The summed E-state index contributed by atoms with van der Waals surface area (Å²) in [6, 6.07) is 14.7. The molecule has 0 heterocycles. The molecule has 0 radical (unpaired) electrons. The largest absolute Gasteiger partial charge is 0.493 e. The highest BCUT2D eigenvalue weighted by Crippen LogP contribution is 2.28. The molecule has 0 spiro atoms. The van der Waals surface area contributed by atoms with Gasteiger partial charge in [0.05, 0.1) is 18.7 Å². The van der Waals surface area contributed by atoms with E-state index in [1.54, 1.807) is 31.4 Å². The molecule has 5 nitrogen and oxygen atoms in total. The number of rotatable bonds is 8. The third-order valence-corrected chi connectivity index (χ3v) is 3.51. The van der Waals surface area contributed by atoms with Gasteiger partial charge in [-0.3, -0.25) is 4.79 Å². The van der Waals surface area contributed by atoms with Crippen molar-refractivity contribution in [2.45, 2.75) is 13.0 Å². The van der Waals surface area contributed by atoms with Crippen molar-refractivity contribution in [3.63, 3.8) is 0 Å². The van der Waals surface area contributed by atoms with E-state index in [1.165, 1.54) is 0 Å². The number of allylic oxidation sites excluding steroid dienone is 1. The van der Waals surface area contributed by atoms with Crippen LogP contribution in [0.5, 0.6) is 11.5 Å². The van der Waals surface area contributed by atoms with Gasteiger partial charge in [-0.05, 0) is 41.8 Å². The lowest BCUT2D eigenvalue weighted by atomic mass is 10.1. The number of carbonyl (C=O) groups is 1. The summed E-state index contributed by atoms with van der Waals surface area (Å²) in [5, 5.41) is 11.6. The van der Waals surface area contributed by atoms with Gasteiger partial charge in [-0.1, -0.05) is 24.3 Å². The molecular weight excluding hydrogens is 316 g/mol. The third kappa shape index (κ3) is 5.40. The van der Waals surface area contributed by atoms with E-state index < -0.39 is 0 Å². The second kappa shape index (κ2) is 9.14. The smallest absolute Gasteiger partial charge is 0.258 e. The van der Waals surface area contributed by atoms with E-state index in [4.69, 9.17) is 14.7 Å². The molecule has 0 aliphatic rings. The molecule has 2 aromatic carbocycles. The van der Waals surface area contributed by atoms with Crippen molar-refractivity contribution in [1.82, 2.24) is 5.32 Å². The van der Waals surface area contributed by atoms with Gasteiger partial charge in [0.1, 0.15) is 0 Å². The summed E-state index contributed by atoms with van der Waals surface area (Å²) >= 11 is 0. The standard InChI is InChI=1S/C20H20N2O3/c1-3-5-15-8-9-18(19(11-15)24-2)25-14-20(23)22-13-17-7-4-6-16(10-17)12-21/h3-4,6-11H,1,5,13-14H2,2H3,(H,22,23). The first kappa shape index (κ1) is 18.1. The van der Waals surface area contributed by atoms with Gasteiger partial charge in [-0.15, -0.1) is 6.58 Å². The summed E-state index contributed by atoms with van der Waals surface area (Å²) in [5.41, 5.74) is 2.48. The summed E-state index contributed by atoms with van der Waals surface area (Å²) in [6.45, 7) is 3.93. The van der Waals surface area contributed by atoms with Crippen molar-refractivity contribution in [2.24, 2.45) is 0 Å². The van der Waals surface area contributed by atoms with Gasteiger partial charge in [0.15, 0.2) is 18.1 Å². The molecule has 0 unspecified atom stereocenters. The summed E-state index contributed by atoms with van der Waals surface area (Å²) in [5.74, 6) is 0.838. The van der Waals surface area contributed by atoms with Crippen LogP contribution in [0.4, 0.5) is 0 Å². The highest BCUT2D eigenvalue weighted by molar-refractivity contribution is 5.77.